The standard InChI is InChI=1S/C27H29F/c1-3-5-7-22-8-10-23(11-9-22)12-13-24-16-19-26(27(28)20-24)25-17-14-21(6-4-2)15-18-25/h8-11,16,19-21,25H,4,6-7,14-15,17-18H2,1-2H3. The molecule has 0 aliphatic heterocycles. The van der Waals surface area contributed by atoms with Crippen molar-refractivity contribution in [3.05, 3.63) is 70.5 Å². The van der Waals surface area contributed by atoms with Crippen LogP contribution < -0.4 is 0 Å². The van der Waals surface area contributed by atoms with Gasteiger partial charge in [-0.2, -0.15) is 0 Å². The molecule has 1 aliphatic carbocycles. The number of hydrogen-bond acceptors (Lipinski definition) is 0. The Hall–Kier alpha value is -2.51. The summed E-state index contributed by atoms with van der Waals surface area (Å²) in [6.07, 6.45) is 8.03. The Morgan fingerprint density at radius 3 is 2.25 bits per heavy atom. The minimum Gasteiger partial charge on any atom is -0.207 e. The van der Waals surface area contributed by atoms with Crippen LogP contribution in [0.2, 0.25) is 0 Å². The molecule has 0 radical (unpaired) electrons. The molecule has 1 fully saturated rings. The van der Waals surface area contributed by atoms with Crippen LogP contribution >= 0.6 is 0 Å². The van der Waals surface area contributed by atoms with Crippen molar-refractivity contribution in [2.75, 3.05) is 0 Å². The molecule has 0 heterocycles. The summed E-state index contributed by atoms with van der Waals surface area (Å²) in [5.74, 6) is 13.3. The van der Waals surface area contributed by atoms with Crippen LogP contribution in [0, 0.1) is 35.4 Å². The number of halogens is 1. The van der Waals surface area contributed by atoms with Crippen molar-refractivity contribution in [1.82, 2.24) is 0 Å². The van der Waals surface area contributed by atoms with Crippen LogP contribution in [0.4, 0.5) is 4.39 Å². The fraction of sp³-hybridized carbons (Fsp3) is 0.407. The van der Waals surface area contributed by atoms with Crippen LogP contribution in [0.25, 0.3) is 0 Å². The molecule has 0 saturated heterocycles. The Morgan fingerprint density at radius 1 is 0.929 bits per heavy atom. The van der Waals surface area contributed by atoms with Gasteiger partial charge in [0.15, 0.2) is 0 Å². The highest BCUT2D eigenvalue weighted by atomic mass is 19.1. The van der Waals surface area contributed by atoms with Crippen LogP contribution in [0.15, 0.2) is 42.5 Å². The Kier molecular flexibility index (Phi) is 7.33. The first-order chi connectivity index (χ1) is 13.7. The zero-order valence-electron chi connectivity index (χ0n) is 17.0. The lowest BCUT2D eigenvalue weighted by molar-refractivity contribution is 0.304. The molecule has 0 spiro atoms. The number of benzene rings is 2. The van der Waals surface area contributed by atoms with Crippen molar-refractivity contribution in [3.8, 4) is 23.7 Å². The third kappa shape index (κ3) is 5.50. The van der Waals surface area contributed by atoms with Crippen molar-refractivity contribution < 1.29 is 4.39 Å². The van der Waals surface area contributed by atoms with Gasteiger partial charge in [0, 0.05) is 17.5 Å². The third-order valence-electron chi connectivity index (χ3n) is 5.76. The first kappa shape index (κ1) is 20.2. The summed E-state index contributed by atoms with van der Waals surface area (Å²) in [6, 6.07) is 13.6. The van der Waals surface area contributed by atoms with Crippen molar-refractivity contribution in [2.45, 2.75) is 64.7 Å². The van der Waals surface area contributed by atoms with E-state index in [9.17, 15) is 4.39 Å². The molecule has 2 aromatic rings. The minimum atomic E-state index is -0.0979. The fourth-order valence-corrected chi connectivity index (χ4v) is 4.15. The Balaban J connectivity index is 1.65. The van der Waals surface area contributed by atoms with E-state index in [0.29, 0.717) is 5.92 Å². The minimum absolute atomic E-state index is 0.0979. The van der Waals surface area contributed by atoms with Crippen molar-refractivity contribution in [3.63, 3.8) is 0 Å². The summed E-state index contributed by atoms with van der Waals surface area (Å²) >= 11 is 0. The van der Waals surface area contributed by atoms with Gasteiger partial charge >= 0.3 is 0 Å². The van der Waals surface area contributed by atoms with E-state index in [2.05, 4.69) is 30.6 Å². The van der Waals surface area contributed by atoms with E-state index < -0.39 is 0 Å². The molecule has 144 valence electrons. The molecule has 28 heavy (non-hydrogen) atoms. The monoisotopic (exact) mass is 372 g/mol. The van der Waals surface area contributed by atoms with Crippen LogP contribution in [-0.4, -0.2) is 0 Å². The van der Waals surface area contributed by atoms with Gasteiger partial charge in [-0.3, -0.25) is 0 Å². The molecular weight excluding hydrogens is 343 g/mol. The quantitative estimate of drug-likeness (QED) is 0.514. The normalized spacial score (nSPS) is 18.5. The van der Waals surface area contributed by atoms with E-state index in [1.54, 1.807) is 6.07 Å². The predicted octanol–water partition coefficient (Wildman–Crippen LogP) is 6.87. The average Bonchev–Trinajstić information content (AvgIpc) is 2.72. The number of hydrogen-bond donors (Lipinski definition) is 0. The predicted molar refractivity (Wildman–Crippen MR) is 116 cm³/mol. The van der Waals surface area contributed by atoms with E-state index in [4.69, 9.17) is 0 Å². The Morgan fingerprint density at radius 2 is 1.61 bits per heavy atom. The maximum Gasteiger partial charge on any atom is 0.127 e. The van der Waals surface area contributed by atoms with E-state index in [0.717, 1.165) is 41.9 Å². The fourth-order valence-electron chi connectivity index (χ4n) is 4.15. The lowest BCUT2D eigenvalue weighted by Crippen LogP contribution is -2.14. The largest absolute Gasteiger partial charge is 0.207 e. The second kappa shape index (κ2) is 10.1. The molecule has 1 aliphatic rings. The average molecular weight is 373 g/mol. The second-order valence-electron chi connectivity index (χ2n) is 7.79. The van der Waals surface area contributed by atoms with Crippen LogP contribution in [0.1, 0.15) is 80.5 Å². The molecule has 0 amide bonds. The van der Waals surface area contributed by atoms with E-state index in [-0.39, 0.29) is 5.82 Å². The molecule has 0 unspecified atom stereocenters. The summed E-state index contributed by atoms with van der Waals surface area (Å²) in [7, 11) is 0. The Bertz CT molecular complexity index is 891. The highest BCUT2D eigenvalue weighted by Crippen LogP contribution is 2.38. The smallest absolute Gasteiger partial charge is 0.127 e. The molecule has 2 aromatic carbocycles. The lowest BCUT2D eigenvalue weighted by atomic mass is 9.77. The van der Waals surface area contributed by atoms with Gasteiger partial charge in [-0.25, -0.2) is 4.39 Å². The molecule has 1 heteroatoms. The maximum absolute atomic E-state index is 14.7. The van der Waals surface area contributed by atoms with Gasteiger partial charge in [0.05, 0.1) is 0 Å². The summed E-state index contributed by atoms with van der Waals surface area (Å²) < 4.78 is 14.7. The summed E-state index contributed by atoms with van der Waals surface area (Å²) in [5, 5.41) is 0. The zero-order valence-corrected chi connectivity index (χ0v) is 17.0. The van der Waals surface area contributed by atoms with Crippen molar-refractivity contribution in [1.29, 1.82) is 0 Å². The van der Waals surface area contributed by atoms with Crippen LogP contribution in [0.5, 0.6) is 0 Å². The first-order valence-corrected chi connectivity index (χ1v) is 10.5. The molecule has 0 bridgehead atoms. The van der Waals surface area contributed by atoms with Crippen molar-refractivity contribution in [2.24, 2.45) is 5.92 Å². The number of rotatable bonds is 4. The topological polar surface area (TPSA) is 0 Å². The highest BCUT2D eigenvalue weighted by molar-refractivity contribution is 5.45. The van der Waals surface area contributed by atoms with E-state index in [1.165, 1.54) is 31.2 Å². The van der Waals surface area contributed by atoms with Crippen LogP contribution in [0.3, 0.4) is 0 Å². The molecule has 1 saturated carbocycles. The summed E-state index contributed by atoms with van der Waals surface area (Å²) in [4.78, 5) is 0. The molecule has 0 N–H and O–H groups in total. The highest BCUT2D eigenvalue weighted by Gasteiger charge is 2.23. The maximum atomic E-state index is 14.7. The molecule has 0 atom stereocenters. The van der Waals surface area contributed by atoms with E-state index in [1.807, 2.05) is 43.3 Å². The first-order valence-electron chi connectivity index (χ1n) is 10.5. The van der Waals surface area contributed by atoms with Gasteiger partial charge in [-0.05, 0) is 79.8 Å². The second-order valence-corrected chi connectivity index (χ2v) is 7.79. The zero-order chi connectivity index (χ0) is 19.8. The molecule has 0 nitrogen and oxygen atoms in total. The third-order valence-corrected chi connectivity index (χ3v) is 5.76. The van der Waals surface area contributed by atoms with Gasteiger partial charge in [-0.15, -0.1) is 5.92 Å². The van der Waals surface area contributed by atoms with Gasteiger partial charge in [0.1, 0.15) is 5.82 Å². The van der Waals surface area contributed by atoms with E-state index >= 15 is 0 Å². The Labute approximate surface area is 169 Å². The summed E-state index contributed by atoms with van der Waals surface area (Å²) in [5.41, 5.74) is 3.74. The molecule has 0 aromatic heterocycles. The SMILES string of the molecule is CC#CCc1ccc(C#Cc2ccc(C3CCC(CCC)CC3)c(F)c2)cc1. The van der Waals surface area contributed by atoms with Gasteiger partial charge in [0.25, 0.3) is 0 Å². The van der Waals surface area contributed by atoms with Gasteiger partial charge in [-0.1, -0.05) is 55.7 Å². The lowest BCUT2D eigenvalue weighted by Gasteiger charge is -2.28. The summed E-state index contributed by atoms with van der Waals surface area (Å²) in [6.45, 7) is 4.10. The van der Waals surface area contributed by atoms with Gasteiger partial charge < -0.3 is 0 Å². The molecule has 3 rings (SSSR count). The van der Waals surface area contributed by atoms with Crippen molar-refractivity contribution >= 4 is 0 Å². The van der Waals surface area contributed by atoms with Crippen LogP contribution in [-0.2, 0) is 6.42 Å². The molecular formula is C27H29F. The van der Waals surface area contributed by atoms with Gasteiger partial charge in [0.2, 0.25) is 0 Å².